The Morgan fingerprint density at radius 3 is 2.00 bits per heavy atom. The number of carbonyl (C=O) groups excluding carboxylic acids is 2. The lowest BCUT2D eigenvalue weighted by molar-refractivity contribution is -0.113. The zero-order valence-corrected chi connectivity index (χ0v) is 4.50. The molecule has 0 fully saturated rings. The second-order valence-corrected chi connectivity index (χ2v) is 1.20. The van der Waals surface area contributed by atoms with Gasteiger partial charge in [-0.15, -0.1) is 0 Å². The number of carbonyl (C=O) groups is 2. The third-order valence-electron chi connectivity index (χ3n) is 0.602. The molecule has 0 aliphatic heterocycles. The molecular formula is C3H6N4O2. The van der Waals surface area contributed by atoms with Gasteiger partial charge < -0.3 is 11.5 Å². The summed E-state index contributed by atoms with van der Waals surface area (Å²) in [6, 6.07) is -1.06. The average molecular weight is 130 g/mol. The van der Waals surface area contributed by atoms with Crippen molar-refractivity contribution in [2.75, 3.05) is 0 Å². The highest BCUT2D eigenvalue weighted by Crippen LogP contribution is 1.76. The van der Waals surface area contributed by atoms with Crippen molar-refractivity contribution in [3.8, 4) is 0 Å². The molecule has 0 saturated heterocycles. The van der Waals surface area contributed by atoms with Crippen molar-refractivity contribution in [2.24, 2.45) is 11.5 Å². The van der Waals surface area contributed by atoms with Crippen LogP contribution in [0.1, 0.15) is 0 Å². The van der Waals surface area contributed by atoms with E-state index in [2.05, 4.69) is 5.73 Å². The minimum absolute atomic E-state index is 0.0741. The summed E-state index contributed by atoms with van der Waals surface area (Å²) in [5, 5.41) is 6.55. The Balaban J connectivity index is 4.16. The molecule has 9 heavy (non-hydrogen) atoms. The highest BCUT2D eigenvalue weighted by atomic mass is 16.2. The van der Waals surface area contributed by atoms with E-state index < -0.39 is 12.0 Å². The van der Waals surface area contributed by atoms with E-state index in [0.717, 1.165) is 0 Å². The summed E-state index contributed by atoms with van der Waals surface area (Å²) in [7, 11) is 0. The molecule has 0 rings (SSSR count). The maximum absolute atomic E-state index is 10.1. The van der Waals surface area contributed by atoms with E-state index in [1.54, 1.807) is 0 Å². The predicted octanol–water partition coefficient (Wildman–Crippen LogP) is -1.58. The molecule has 0 bridgehead atoms. The van der Waals surface area contributed by atoms with Gasteiger partial charge in [0.1, 0.15) is 0 Å². The molecule has 0 aliphatic carbocycles. The number of urea groups is 1. The average Bonchev–Trinajstić information content (AvgIpc) is 1.64. The number of hydrogen-bond donors (Lipinski definition) is 3. The van der Waals surface area contributed by atoms with Crippen LogP contribution in [0.25, 0.3) is 0 Å². The van der Waals surface area contributed by atoms with E-state index in [9.17, 15) is 9.59 Å². The second-order valence-electron chi connectivity index (χ2n) is 1.20. The molecule has 0 aromatic carbocycles. The van der Waals surface area contributed by atoms with Crippen LogP contribution in [0.4, 0.5) is 4.79 Å². The van der Waals surface area contributed by atoms with Crippen LogP contribution in [-0.4, -0.2) is 23.3 Å². The standard InChI is InChI=1S/C3H6N4O2/c4-2(5)7(1-8)3(6)9/h1H,(H3,4,5)(H2,6,9). The van der Waals surface area contributed by atoms with Crippen molar-refractivity contribution >= 4 is 18.4 Å². The lowest BCUT2D eigenvalue weighted by atomic mass is 10.7. The Kier molecular flexibility index (Phi) is 2.18. The summed E-state index contributed by atoms with van der Waals surface area (Å²) in [4.78, 5) is 20.1. The van der Waals surface area contributed by atoms with Crippen LogP contribution in [0.5, 0.6) is 0 Å². The van der Waals surface area contributed by atoms with Gasteiger partial charge in [0.15, 0.2) is 0 Å². The van der Waals surface area contributed by atoms with Gasteiger partial charge in [0.2, 0.25) is 12.4 Å². The largest absolute Gasteiger partial charge is 0.369 e. The first-order valence-electron chi connectivity index (χ1n) is 1.97. The van der Waals surface area contributed by atoms with Crippen LogP contribution < -0.4 is 11.5 Å². The SMILES string of the molecule is N=C(N)N(C=O)C(N)=O. The Morgan fingerprint density at radius 2 is 2.00 bits per heavy atom. The van der Waals surface area contributed by atoms with Gasteiger partial charge >= 0.3 is 6.03 Å². The third kappa shape index (κ3) is 1.76. The Labute approximate surface area is 50.9 Å². The van der Waals surface area contributed by atoms with Crippen molar-refractivity contribution in [3.63, 3.8) is 0 Å². The lowest BCUT2D eigenvalue weighted by Crippen LogP contribution is -2.43. The summed E-state index contributed by atoms with van der Waals surface area (Å²) in [5.74, 6) is -0.683. The summed E-state index contributed by atoms with van der Waals surface area (Å²) < 4.78 is 0. The molecule has 3 amide bonds. The topological polar surface area (TPSA) is 113 Å². The van der Waals surface area contributed by atoms with E-state index in [1.165, 1.54) is 0 Å². The van der Waals surface area contributed by atoms with Crippen molar-refractivity contribution in [1.82, 2.24) is 4.90 Å². The molecule has 0 aromatic heterocycles. The predicted molar refractivity (Wildman–Crippen MR) is 29.4 cm³/mol. The number of guanidine groups is 1. The molecule has 0 heterocycles. The Morgan fingerprint density at radius 1 is 1.56 bits per heavy atom. The first kappa shape index (κ1) is 7.41. The van der Waals surface area contributed by atoms with Crippen LogP contribution in [0, 0.1) is 5.41 Å². The first-order chi connectivity index (χ1) is 4.09. The van der Waals surface area contributed by atoms with Gasteiger partial charge in [0, 0.05) is 0 Å². The Bertz CT molecular complexity index is 140. The van der Waals surface area contributed by atoms with E-state index in [4.69, 9.17) is 11.1 Å². The zero-order chi connectivity index (χ0) is 7.44. The summed E-state index contributed by atoms with van der Waals surface area (Å²) in [6.45, 7) is 0. The molecule has 6 nitrogen and oxygen atoms in total. The quantitative estimate of drug-likeness (QED) is 0.226. The van der Waals surface area contributed by atoms with Gasteiger partial charge in [-0.1, -0.05) is 0 Å². The highest BCUT2D eigenvalue weighted by Gasteiger charge is 2.09. The van der Waals surface area contributed by atoms with Crippen LogP contribution in [0.15, 0.2) is 0 Å². The number of nitrogens with one attached hydrogen (secondary N) is 1. The Hall–Kier alpha value is -1.59. The van der Waals surface area contributed by atoms with E-state index in [0.29, 0.717) is 0 Å². The van der Waals surface area contributed by atoms with E-state index >= 15 is 0 Å². The molecule has 6 heteroatoms. The van der Waals surface area contributed by atoms with Crippen LogP contribution >= 0.6 is 0 Å². The molecule has 0 atom stereocenters. The number of rotatable bonds is 1. The molecule has 5 N–H and O–H groups in total. The first-order valence-corrected chi connectivity index (χ1v) is 1.97. The van der Waals surface area contributed by atoms with Gasteiger partial charge in [0.05, 0.1) is 0 Å². The van der Waals surface area contributed by atoms with Crippen molar-refractivity contribution in [1.29, 1.82) is 5.41 Å². The van der Waals surface area contributed by atoms with Crippen molar-refractivity contribution in [3.05, 3.63) is 0 Å². The minimum atomic E-state index is -1.06. The summed E-state index contributed by atoms with van der Waals surface area (Å²) in [6.07, 6.45) is 0.0741. The highest BCUT2D eigenvalue weighted by molar-refractivity contribution is 6.02. The minimum Gasteiger partial charge on any atom is -0.369 e. The number of nitrogens with two attached hydrogens (primary N) is 2. The molecule has 0 unspecified atom stereocenters. The zero-order valence-electron chi connectivity index (χ0n) is 4.50. The maximum atomic E-state index is 10.1. The molecule has 0 radical (unpaired) electrons. The van der Waals surface area contributed by atoms with Gasteiger partial charge in [0.25, 0.3) is 0 Å². The van der Waals surface area contributed by atoms with Gasteiger partial charge in [-0.05, 0) is 0 Å². The van der Waals surface area contributed by atoms with Crippen LogP contribution in [0.2, 0.25) is 0 Å². The monoisotopic (exact) mass is 130 g/mol. The molecular weight excluding hydrogens is 124 g/mol. The van der Waals surface area contributed by atoms with Gasteiger partial charge in [-0.3, -0.25) is 10.2 Å². The van der Waals surface area contributed by atoms with E-state index in [-0.39, 0.29) is 11.3 Å². The van der Waals surface area contributed by atoms with Gasteiger partial charge in [-0.25, -0.2) is 9.69 Å². The molecule has 0 spiro atoms. The molecule has 50 valence electrons. The van der Waals surface area contributed by atoms with Crippen LogP contribution in [-0.2, 0) is 4.79 Å². The lowest BCUT2D eigenvalue weighted by Gasteiger charge is -2.06. The maximum Gasteiger partial charge on any atom is 0.328 e. The fourth-order valence-corrected chi connectivity index (χ4v) is 0.227. The third-order valence-corrected chi connectivity index (χ3v) is 0.602. The smallest absolute Gasteiger partial charge is 0.328 e. The fraction of sp³-hybridized carbons (Fsp3) is 0. The molecule has 0 aromatic rings. The normalized spacial score (nSPS) is 8.00. The summed E-state index contributed by atoms with van der Waals surface area (Å²) in [5.41, 5.74) is 9.31. The number of hydrogen-bond acceptors (Lipinski definition) is 3. The van der Waals surface area contributed by atoms with Gasteiger partial charge in [-0.2, -0.15) is 0 Å². The number of nitrogens with zero attached hydrogens (tertiary/aromatic N) is 1. The molecule has 0 aliphatic rings. The summed E-state index contributed by atoms with van der Waals surface area (Å²) >= 11 is 0. The number of amides is 3. The number of imide groups is 1. The van der Waals surface area contributed by atoms with E-state index in [1.807, 2.05) is 0 Å². The molecule has 0 saturated carbocycles. The fourth-order valence-electron chi connectivity index (χ4n) is 0.227. The van der Waals surface area contributed by atoms with Crippen molar-refractivity contribution < 1.29 is 9.59 Å². The second kappa shape index (κ2) is 2.65. The van der Waals surface area contributed by atoms with Crippen LogP contribution in [0.3, 0.4) is 0 Å². The number of primary amides is 1. The van der Waals surface area contributed by atoms with Crippen molar-refractivity contribution in [2.45, 2.75) is 0 Å².